The smallest absolute Gasteiger partial charge is 0.245 e. The number of amides is 4. The van der Waals surface area contributed by atoms with Crippen molar-refractivity contribution in [3.8, 4) is 0 Å². The van der Waals surface area contributed by atoms with Crippen molar-refractivity contribution in [3.63, 3.8) is 0 Å². The van der Waals surface area contributed by atoms with Gasteiger partial charge in [-0.15, -0.1) is 0 Å². The number of hydrogen-bond acceptors (Lipinski definition) is 8. The molecule has 5 fully saturated rings. The van der Waals surface area contributed by atoms with Gasteiger partial charge in [0, 0.05) is 97.4 Å². The fourth-order valence-corrected chi connectivity index (χ4v) is 13.7. The molecule has 4 saturated heterocycles. The molecule has 78 heavy (non-hydrogen) atoms. The summed E-state index contributed by atoms with van der Waals surface area (Å²) in [6.07, 6.45) is 11.6. The van der Waals surface area contributed by atoms with Crippen molar-refractivity contribution in [3.05, 3.63) is 143 Å². The lowest BCUT2D eigenvalue weighted by Gasteiger charge is -2.36. The first-order chi connectivity index (χ1) is 37.8. The van der Waals surface area contributed by atoms with Crippen molar-refractivity contribution in [1.82, 2.24) is 50.8 Å². The zero-order valence-corrected chi connectivity index (χ0v) is 45.8. The topological polar surface area (TPSA) is 161 Å². The minimum atomic E-state index is -0.567. The summed E-state index contributed by atoms with van der Waals surface area (Å²) >= 11 is 0. The molecule has 1 saturated carbocycles. The van der Waals surface area contributed by atoms with Crippen molar-refractivity contribution in [2.45, 2.75) is 145 Å². The number of aromatic nitrogens is 2. The van der Waals surface area contributed by atoms with Gasteiger partial charge < -0.3 is 41.0 Å². The summed E-state index contributed by atoms with van der Waals surface area (Å²) in [5.74, 6) is -0.504. The van der Waals surface area contributed by atoms with Crippen molar-refractivity contribution in [2.75, 3.05) is 40.3 Å². The largest absolute Gasteiger partial charge is 0.361 e. The summed E-state index contributed by atoms with van der Waals surface area (Å²) < 4.78 is 27.9. The van der Waals surface area contributed by atoms with Gasteiger partial charge in [-0.2, -0.15) is 0 Å². The second kappa shape index (κ2) is 24.3. The summed E-state index contributed by atoms with van der Waals surface area (Å²) in [6, 6.07) is 29.3. The number of fused-ring (bicyclic) bond motifs is 4. The normalized spacial score (nSPS) is 24.1. The Hall–Kier alpha value is -6.46. The van der Waals surface area contributed by atoms with Gasteiger partial charge in [-0.05, 0) is 125 Å². The fraction of sp³-hybridized carbons (Fsp3) is 0.484. The Balaban J connectivity index is 0.000000177. The number of aromatic amines is 2. The molecule has 16 heteroatoms. The number of halogens is 2. The van der Waals surface area contributed by atoms with E-state index in [0.29, 0.717) is 19.5 Å². The highest BCUT2D eigenvalue weighted by atomic mass is 19.1. The number of rotatable bonds is 16. The number of likely N-dealkylation sites (N-methyl/N-ethyl adjacent to an activating group) is 2. The number of nitrogens with zero attached hydrogens (tertiary/aromatic N) is 4. The van der Waals surface area contributed by atoms with Crippen LogP contribution in [0.1, 0.15) is 106 Å². The Morgan fingerprint density at radius 1 is 0.603 bits per heavy atom. The molecule has 414 valence electrons. The molecule has 0 bridgehead atoms. The van der Waals surface area contributed by atoms with Crippen LogP contribution in [0.15, 0.2) is 109 Å². The summed E-state index contributed by atoms with van der Waals surface area (Å²) in [6.45, 7) is 10.1. The first-order valence-electron chi connectivity index (χ1n) is 28.5. The maximum absolute atomic E-state index is 14.5. The number of likely N-dealkylation sites (tertiary alicyclic amines) is 4. The molecule has 4 aromatic carbocycles. The standard InChI is InChI=1S/C33H42FN5O2.C29H36FN5O2/c1-21(35-2)32(40)37-30(23-11-7-4-8-12-23)33(41)39-16-15-29-31(39)27(20-38(29)19-22-9-5-3-6-10-22)26-18-36-28-17-24(34)13-14-25(26)28;1-4-24(33-28(36)18(2)31-3)29(37)35-13-12-26-27(35)23(17-34(26)16-19-8-6-5-7-9-19)22-15-32-25-14-20(30)10-11-21(22)25/h3,5-6,9-10,13-14,17-18,21,23,27,29-31,35-36H,4,7-8,11-12,15-16,19-20H2,1-2H3,(H,37,40);5-11,14-15,18,23-24,26-27,31-32H,4,12-13,16-17H2,1-3H3,(H,33,36)/t21-,27+,29+,30-,31+;18-,23+,24-,26+,27+/m00/s1. The molecule has 10 atom stereocenters. The Morgan fingerprint density at radius 3 is 1.53 bits per heavy atom. The highest BCUT2D eigenvalue weighted by molar-refractivity contribution is 5.92. The molecular formula is C62H78F2N10O4. The Bertz CT molecular complexity index is 3040. The van der Waals surface area contributed by atoms with Gasteiger partial charge in [0.25, 0.3) is 0 Å². The number of carbonyl (C=O) groups is 4. The van der Waals surface area contributed by atoms with Crippen molar-refractivity contribution in [1.29, 1.82) is 0 Å². The van der Waals surface area contributed by atoms with Gasteiger partial charge in [0.15, 0.2) is 0 Å². The van der Waals surface area contributed by atoms with Gasteiger partial charge in [0.2, 0.25) is 23.6 Å². The van der Waals surface area contributed by atoms with Crippen LogP contribution in [-0.2, 0) is 32.3 Å². The summed E-state index contributed by atoms with van der Waals surface area (Å²) in [4.78, 5) is 69.7. The van der Waals surface area contributed by atoms with Crippen LogP contribution in [0.25, 0.3) is 21.8 Å². The third-order valence-corrected chi connectivity index (χ3v) is 18.0. The van der Waals surface area contributed by atoms with E-state index in [4.69, 9.17) is 0 Å². The van der Waals surface area contributed by atoms with E-state index in [1.165, 1.54) is 35.7 Å². The van der Waals surface area contributed by atoms with E-state index < -0.39 is 12.1 Å². The van der Waals surface area contributed by atoms with Gasteiger partial charge >= 0.3 is 0 Å². The van der Waals surface area contributed by atoms with E-state index >= 15 is 0 Å². The summed E-state index contributed by atoms with van der Waals surface area (Å²) in [7, 11) is 3.50. The van der Waals surface area contributed by atoms with Crippen LogP contribution in [0.4, 0.5) is 8.78 Å². The van der Waals surface area contributed by atoms with E-state index in [-0.39, 0.29) is 89.3 Å². The van der Waals surface area contributed by atoms with Gasteiger partial charge in [0.05, 0.1) is 24.2 Å². The van der Waals surface area contributed by atoms with Gasteiger partial charge in [-0.25, -0.2) is 8.78 Å². The predicted molar refractivity (Wildman–Crippen MR) is 301 cm³/mol. The average molecular weight is 1070 g/mol. The molecule has 6 N–H and O–H groups in total. The zero-order valence-electron chi connectivity index (χ0n) is 45.8. The van der Waals surface area contributed by atoms with Crippen molar-refractivity contribution < 1.29 is 28.0 Å². The summed E-state index contributed by atoms with van der Waals surface area (Å²) in [5.41, 5.74) is 6.29. The minimum absolute atomic E-state index is 0.0139. The van der Waals surface area contributed by atoms with Crippen LogP contribution < -0.4 is 21.3 Å². The number of nitrogens with one attached hydrogen (secondary N) is 6. The van der Waals surface area contributed by atoms with Crippen LogP contribution in [0.5, 0.6) is 0 Å². The quantitative estimate of drug-likeness (QED) is 0.0570. The number of hydrogen-bond donors (Lipinski definition) is 6. The van der Waals surface area contributed by atoms with E-state index in [0.717, 1.165) is 97.6 Å². The molecule has 6 heterocycles. The molecule has 11 rings (SSSR count). The third-order valence-electron chi connectivity index (χ3n) is 18.0. The van der Waals surface area contributed by atoms with Crippen LogP contribution >= 0.6 is 0 Å². The highest BCUT2D eigenvalue weighted by Gasteiger charge is 2.54. The average Bonchev–Trinajstić information content (AvgIpc) is 4.54. The Labute approximate surface area is 457 Å². The Morgan fingerprint density at radius 2 is 1.06 bits per heavy atom. The molecule has 4 amide bonds. The summed E-state index contributed by atoms with van der Waals surface area (Å²) in [5, 5.41) is 14.1. The molecule has 2 aromatic heterocycles. The lowest BCUT2D eigenvalue weighted by atomic mass is 9.82. The maximum atomic E-state index is 14.5. The molecule has 6 aromatic rings. The van der Waals surface area contributed by atoms with Crippen molar-refractivity contribution >= 4 is 45.4 Å². The minimum Gasteiger partial charge on any atom is -0.361 e. The monoisotopic (exact) mass is 1060 g/mol. The lowest BCUT2D eigenvalue weighted by molar-refractivity contribution is -0.139. The molecule has 0 radical (unpaired) electrons. The van der Waals surface area contributed by atoms with E-state index in [1.807, 2.05) is 55.4 Å². The lowest BCUT2D eigenvalue weighted by Crippen LogP contribution is -2.57. The highest BCUT2D eigenvalue weighted by Crippen LogP contribution is 2.46. The number of carbonyl (C=O) groups excluding carboxylic acids is 4. The van der Waals surface area contributed by atoms with Crippen LogP contribution in [0.3, 0.4) is 0 Å². The SMILES string of the molecule is CC[C@H](NC(=O)[C@H](C)NC)C(=O)N1CC[C@@H]2[C@H]1[C@@H](c1c[nH]c3cc(F)ccc13)CN2Cc1ccccc1.CN[C@@H](C)C(=O)N[C@H](C(=O)N1CC[C@@H]2[C@H]1[C@@H](c1c[nH]c3cc(F)ccc13)CN2Cc1ccccc1)C1CCCCC1. The molecule has 5 aliphatic rings. The second-order valence-corrected chi connectivity index (χ2v) is 22.5. The number of benzene rings is 4. The molecule has 1 aliphatic carbocycles. The fourth-order valence-electron chi connectivity index (χ4n) is 13.7. The van der Waals surface area contributed by atoms with Crippen LogP contribution in [0, 0.1) is 17.6 Å². The van der Waals surface area contributed by atoms with E-state index in [1.54, 1.807) is 27.1 Å². The second-order valence-electron chi connectivity index (χ2n) is 22.5. The first kappa shape index (κ1) is 54.9. The van der Waals surface area contributed by atoms with Crippen LogP contribution in [0.2, 0.25) is 0 Å². The Kier molecular flexibility index (Phi) is 17.1. The van der Waals surface area contributed by atoms with Crippen molar-refractivity contribution in [2.24, 2.45) is 5.92 Å². The van der Waals surface area contributed by atoms with E-state index in [2.05, 4.69) is 94.5 Å². The molecule has 14 nitrogen and oxygen atoms in total. The molecular weight excluding hydrogens is 987 g/mol. The van der Waals surface area contributed by atoms with Gasteiger partial charge in [-0.1, -0.05) is 86.8 Å². The molecule has 0 unspecified atom stereocenters. The molecule has 4 aliphatic heterocycles. The molecule has 0 spiro atoms. The van der Waals surface area contributed by atoms with Gasteiger partial charge in [0.1, 0.15) is 23.7 Å². The maximum Gasteiger partial charge on any atom is 0.245 e. The first-order valence-corrected chi connectivity index (χ1v) is 28.5. The zero-order chi connectivity index (χ0) is 54.6. The predicted octanol–water partition coefficient (Wildman–Crippen LogP) is 7.93. The van der Waals surface area contributed by atoms with Crippen LogP contribution in [-0.4, -0.2) is 142 Å². The van der Waals surface area contributed by atoms with Gasteiger partial charge in [-0.3, -0.25) is 29.0 Å². The number of H-pyrrole nitrogens is 2. The third kappa shape index (κ3) is 11.4. The van der Waals surface area contributed by atoms with E-state index in [9.17, 15) is 28.0 Å².